The first-order valence-corrected chi connectivity index (χ1v) is 6.75. The molecule has 1 fully saturated rings. The number of aliphatic hydroxyl groups is 1. The zero-order valence-electron chi connectivity index (χ0n) is 9.63. The zero-order chi connectivity index (χ0) is 12.1. The molecule has 0 aromatic carbocycles. The SMILES string of the molecule is NC(CO)c1noc(CNSC2CCCC2)n1. The second-order valence-corrected chi connectivity index (χ2v) is 5.37. The van der Waals surface area contributed by atoms with Gasteiger partial charge in [-0.05, 0) is 12.8 Å². The lowest BCUT2D eigenvalue weighted by molar-refractivity contribution is 0.259. The fraction of sp³-hybridized carbons (Fsp3) is 0.800. The van der Waals surface area contributed by atoms with Crippen molar-refractivity contribution >= 4 is 11.9 Å². The van der Waals surface area contributed by atoms with Crippen LogP contribution in [-0.4, -0.2) is 27.1 Å². The van der Waals surface area contributed by atoms with E-state index in [1.165, 1.54) is 25.7 Å². The summed E-state index contributed by atoms with van der Waals surface area (Å²) in [7, 11) is 0. The van der Waals surface area contributed by atoms with E-state index in [1.54, 1.807) is 11.9 Å². The van der Waals surface area contributed by atoms with Crippen LogP contribution in [-0.2, 0) is 6.54 Å². The van der Waals surface area contributed by atoms with Gasteiger partial charge in [0, 0.05) is 5.25 Å². The Kier molecular flexibility index (Phi) is 4.78. The third-order valence-corrected chi connectivity index (χ3v) is 3.90. The van der Waals surface area contributed by atoms with Crippen LogP contribution in [0.25, 0.3) is 0 Å². The molecule has 0 bridgehead atoms. The molecule has 96 valence electrons. The number of nitrogens with one attached hydrogen (secondary N) is 1. The predicted molar refractivity (Wildman–Crippen MR) is 65.0 cm³/mol. The van der Waals surface area contributed by atoms with Crippen molar-refractivity contribution in [3.05, 3.63) is 11.7 Å². The van der Waals surface area contributed by atoms with Gasteiger partial charge in [0.15, 0.2) is 5.82 Å². The topological polar surface area (TPSA) is 97.2 Å². The molecule has 0 radical (unpaired) electrons. The van der Waals surface area contributed by atoms with Crippen LogP contribution in [0, 0.1) is 0 Å². The smallest absolute Gasteiger partial charge is 0.241 e. The first-order chi connectivity index (χ1) is 8.29. The Balaban J connectivity index is 1.73. The fourth-order valence-electron chi connectivity index (χ4n) is 1.80. The molecule has 0 aliphatic heterocycles. The van der Waals surface area contributed by atoms with Crippen LogP contribution >= 0.6 is 11.9 Å². The minimum Gasteiger partial charge on any atom is -0.394 e. The number of aliphatic hydroxyl groups excluding tert-OH is 1. The Hall–Kier alpha value is -0.630. The second kappa shape index (κ2) is 6.34. The third kappa shape index (κ3) is 3.67. The number of nitrogens with two attached hydrogens (primary N) is 1. The quantitative estimate of drug-likeness (QED) is 0.647. The van der Waals surface area contributed by atoms with Crippen LogP contribution in [0.5, 0.6) is 0 Å². The van der Waals surface area contributed by atoms with Gasteiger partial charge >= 0.3 is 0 Å². The molecule has 2 rings (SSSR count). The van der Waals surface area contributed by atoms with E-state index in [1.807, 2.05) is 0 Å². The highest BCUT2D eigenvalue weighted by atomic mass is 32.2. The van der Waals surface area contributed by atoms with Crippen molar-refractivity contribution in [2.75, 3.05) is 6.61 Å². The maximum absolute atomic E-state index is 8.85. The largest absolute Gasteiger partial charge is 0.394 e. The van der Waals surface area contributed by atoms with Crippen LogP contribution in [0.2, 0.25) is 0 Å². The van der Waals surface area contributed by atoms with Crippen molar-refractivity contribution in [3.8, 4) is 0 Å². The molecule has 1 aliphatic carbocycles. The van der Waals surface area contributed by atoms with E-state index in [-0.39, 0.29) is 6.61 Å². The van der Waals surface area contributed by atoms with Gasteiger partial charge in [-0.2, -0.15) is 4.98 Å². The highest BCUT2D eigenvalue weighted by Crippen LogP contribution is 2.27. The summed E-state index contributed by atoms with van der Waals surface area (Å²) < 4.78 is 8.26. The molecule has 0 amide bonds. The van der Waals surface area contributed by atoms with E-state index in [9.17, 15) is 0 Å². The summed E-state index contributed by atoms with van der Waals surface area (Å²) in [5, 5.41) is 13.3. The van der Waals surface area contributed by atoms with E-state index in [0.717, 1.165) is 0 Å². The molecule has 0 saturated heterocycles. The number of aromatic nitrogens is 2. The summed E-state index contributed by atoms with van der Waals surface area (Å²) in [6.45, 7) is 0.357. The fourth-order valence-corrected chi connectivity index (χ4v) is 2.81. The Labute approximate surface area is 104 Å². The van der Waals surface area contributed by atoms with Crippen molar-refractivity contribution in [2.24, 2.45) is 5.73 Å². The third-order valence-electron chi connectivity index (χ3n) is 2.79. The standard InChI is InChI=1S/C10H18N4O2S/c11-8(6-15)10-13-9(16-14-10)5-12-17-7-3-1-2-4-7/h7-8,12,15H,1-6,11H2. The van der Waals surface area contributed by atoms with Crippen molar-refractivity contribution in [1.29, 1.82) is 0 Å². The Morgan fingerprint density at radius 1 is 1.53 bits per heavy atom. The maximum atomic E-state index is 8.85. The normalized spacial score (nSPS) is 18.7. The summed E-state index contributed by atoms with van der Waals surface area (Å²) in [5.74, 6) is 0.865. The van der Waals surface area contributed by atoms with Crippen molar-refractivity contribution in [2.45, 2.75) is 43.5 Å². The van der Waals surface area contributed by atoms with Gasteiger partial charge in [-0.3, -0.25) is 4.72 Å². The van der Waals surface area contributed by atoms with Crippen LogP contribution in [0.3, 0.4) is 0 Å². The second-order valence-electron chi connectivity index (χ2n) is 4.18. The summed E-state index contributed by atoms with van der Waals surface area (Å²) in [6, 6.07) is -0.560. The van der Waals surface area contributed by atoms with E-state index in [4.69, 9.17) is 15.4 Å². The van der Waals surface area contributed by atoms with Gasteiger partial charge in [-0.15, -0.1) is 0 Å². The monoisotopic (exact) mass is 258 g/mol. The molecule has 1 unspecified atom stereocenters. The highest BCUT2D eigenvalue weighted by molar-refractivity contribution is 7.98. The lowest BCUT2D eigenvalue weighted by atomic mass is 10.3. The number of hydrogen-bond donors (Lipinski definition) is 3. The van der Waals surface area contributed by atoms with Crippen LogP contribution < -0.4 is 10.5 Å². The number of nitrogens with zero attached hydrogens (tertiary/aromatic N) is 2. The van der Waals surface area contributed by atoms with E-state index < -0.39 is 6.04 Å². The Morgan fingerprint density at radius 3 is 3.00 bits per heavy atom. The molecule has 1 saturated carbocycles. The van der Waals surface area contributed by atoms with E-state index >= 15 is 0 Å². The average molecular weight is 258 g/mol. The molecule has 1 aromatic rings. The molecule has 4 N–H and O–H groups in total. The zero-order valence-corrected chi connectivity index (χ0v) is 10.4. The molecule has 1 aliphatic rings. The van der Waals surface area contributed by atoms with E-state index in [2.05, 4.69) is 14.9 Å². The molecule has 1 heterocycles. The van der Waals surface area contributed by atoms with Crippen molar-refractivity contribution in [1.82, 2.24) is 14.9 Å². The lowest BCUT2D eigenvalue weighted by Gasteiger charge is -2.07. The maximum Gasteiger partial charge on any atom is 0.241 e. The molecule has 0 spiro atoms. The minimum absolute atomic E-state index is 0.177. The van der Waals surface area contributed by atoms with Gasteiger partial charge in [-0.25, -0.2) is 0 Å². The van der Waals surface area contributed by atoms with Crippen LogP contribution in [0.4, 0.5) is 0 Å². The first kappa shape index (κ1) is 12.8. The lowest BCUT2D eigenvalue weighted by Crippen LogP contribution is -2.16. The van der Waals surface area contributed by atoms with Crippen LogP contribution in [0.15, 0.2) is 4.52 Å². The van der Waals surface area contributed by atoms with Gasteiger partial charge in [0.25, 0.3) is 0 Å². The van der Waals surface area contributed by atoms with Crippen molar-refractivity contribution in [3.63, 3.8) is 0 Å². The summed E-state index contributed by atoms with van der Waals surface area (Å²) in [5.41, 5.74) is 5.58. The Morgan fingerprint density at radius 2 is 2.29 bits per heavy atom. The minimum atomic E-state index is -0.560. The highest BCUT2D eigenvalue weighted by Gasteiger charge is 2.16. The van der Waals surface area contributed by atoms with Gasteiger partial charge in [0.2, 0.25) is 5.89 Å². The predicted octanol–water partition coefficient (Wildman–Crippen LogP) is 0.742. The van der Waals surface area contributed by atoms with Gasteiger partial charge < -0.3 is 15.4 Å². The van der Waals surface area contributed by atoms with E-state index in [0.29, 0.717) is 23.5 Å². The molecule has 1 aromatic heterocycles. The number of rotatable bonds is 6. The summed E-state index contributed by atoms with van der Waals surface area (Å²) in [6.07, 6.45) is 5.22. The molecule has 1 atom stereocenters. The van der Waals surface area contributed by atoms with Gasteiger partial charge in [-0.1, -0.05) is 29.9 Å². The molecular formula is C10H18N4O2S. The number of hydrogen-bond acceptors (Lipinski definition) is 7. The molecule has 6 nitrogen and oxygen atoms in total. The Bertz CT molecular complexity index is 341. The molecule has 7 heteroatoms. The van der Waals surface area contributed by atoms with Crippen molar-refractivity contribution < 1.29 is 9.63 Å². The summed E-state index contributed by atoms with van der Waals surface area (Å²) in [4.78, 5) is 4.11. The first-order valence-electron chi connectivity index (χ1n) is 5.87. The molecule has 17 heavy (non-hydrogen) atoms. The van der Waals surface area contributed by atoms with Gasteiger partial charge in [0.1, 0.15) is 0 Å². The average Bonchev–Trinajstić information content (AvgIpc) is 2.99. The molecular weight excluding hydrogens is 240 g/mol. The van der Waals surface area contributed by atoms with Gasteiger partial charge in [0.05, 0.1) is 19.2 Å². The summed E-state index contributed by atoms with van der Waals surface area (Å²) >= 11 is 1.74. The van der Waals surface area contributed by atoms with Crippen LogP contribution in [0.1, 0.15) is 43.4 Å².